The van der Waals surface area contributed by atoms with E-state index in [1.807, 2.05) is 0 Å². The van der Waals surface area contributed by atoms with Gasteiger partial charge in [-0.1, -0.05) is 54.6 Å². The molecule has 138 valence electrons. The van der Waals surface area contributed by atoms with Crippen LogP contribution in [0.1, 0.15) is 20.7 Å². The molecule has 0 aromatic heterocycles. The summed E-state index contributed by atoms with van der Waals surface area (Å²) in [7, 11) is 0. The second kappa shape index (κ2) is 10.6. The molecular weight excluding hydrogens is 368 g/mol. The van der Waals surface area contributed by atoms with Gasteiger partial charge >= 0.3 is 11.9 Å². The minimum atomic E-state index is -2.08. The van der Waals surface area contributed by atoms with Crippen molar-refractivity contribution < 1.29 is 28.1 Å². The van der Waals surface area contributed by atoms with Gasteiger partial charge in [-0.25, -0.2) is 19.4 Å². The van der Waals surface area contributed by atoms with Crippen LogP contribution in [0.2, 0.25) is 0 Å². The fraction of sp³-hybridized carbons (Fsp3) is 0. The number of benzene rings is 3. The first kappa shape index (κ1) is 20.0. The zero-order chi connectivity index (χ0) is 19.5. The maximum absolute atomic E-state index is 11.5. The molecule has 0 fully saturated rings. The lowest BCUT2D eigenvalue weighted by Crippen LogP contribution is -2.11. The van der Waals surface area contributed by atoms with Crippen LogP contribution in [0.3, 0.4) is 0 Å². The van der Waals surface area contributed by atoms with E-state index in [0.29, 0.717) is 16.0 Å². The van der Waals surface area contributed by atoms with Crippen LogP contribution < -0.4 is 0 Å². The summed E-state index contributed by atoms with van der Waals surface area (Å²) < 4.78 is 20.4. The second-order valence-electron chi connectivity index (χ2n) is 5.02. The largest absolute Gasteiger partial charge is 0.768 e. The molecule has 0 spiro atoms. The van der Waals surface area contributed by atoms with Gasteiger partial charge in [0.2, 0.25) is 0 Å². The topological polar surface area (TPSA) is 92.7 Å². The van der Waals surface area contributed by atoms with Crippen molar-refractivity contribution in [2.45, 2.75) is 4.90 Å². The summed E-state index contributed by atoms with van der Waals surface area (Å²) >= 11 is -2.08. The van der Waals surface area contributed by atoms with E-state index < -0.39 is 23.0 Å². The van der Waals surface area contributed by atoms with Crippen molar-refractivity contribution in [3.8, 4) is 0 Å². The highest BCUT2D eigenvalue weighted by Gasteiger charge is 2.12. The Bertz CT molecular complexity index is 831. The van der Waals surface area contributed by atoms with Crippen LogP contribution in [-0.2, 0) is 20.9 Å². The molecule has 1 unspecified atom stereocenters. The minimum absolute atomic E-state index is 0.318. The maximum atomic E-state index is 11.5. The highest BCUT2D eigenvalue weighted by atomic mass is 32.2. The Morgan fingerprint density at radius 2 is 0.963 bits per heavy atom. The smallest absolute Gasteiger partial charge is 0.386 e. The van der Waals surface area contributed by atoms with E-state index in [4.69, 9.17) is 0 Å². The van der Waals surface area contributed by atoms with Gasteiger partial charge in [0, 0.05) is 4.90 Å². The van der Waals surface area contributed by atoms with Crippen molar-refractivity contribution in [3.05, 3.63) is 102 Å². The van der Waals surface area contributed by atoms with E-state index >= 15 is 0 Å². The lowest BCUT2D eigenvalue weighted by molar-refractivity contribution is -0.187. The van der Waals surface area contributed by atoms with Crippen LogP contribution in [-0.4, -0.2) is 20.7 Å². The maximum Gasteiger partial charge on any atom is 0.386 e. The van der Waals surface area contributed by atoms with Crippen LogP contribution in [0.5, 0.6) is 0 Å². The molecule has 1 atom stereocenters. The van der Waals surface area contributed by atoms with Crippen LogP contribution >= 0.6 is 0 Å². The molecule has 27 heavy (non-hydrogen) atoms. The van der Waals surface area contributed by atoms with Crippen molar-refractivity contribution >= 4 is 23.0 Å². The fourth-order valence-electron chi connectivity index (χ4n) is 1.85. The summed E-state index contributed by atoms with van der Waals surface area (Å²) in [5.41, 5.74) is 0.636. The number of hydrogen-bond acceptors (Lipinski definition) is 6. The van der Waals surface area contributed by atoms with E-state index in [1.165, 1.54) is 0 Å². The molecule has 0 amide bonds. The summed E-state index contributed by atoms with van der Waals surface area (Å²) in [4.78, 5) is 32.2. The number of carbonyl (C=O) groups excluding carboxylic acids is 2. The molecule has 0 aliphatic carbocycles. The van der Waals surface area contributed by atoms with Gasteiger partial charge in [0.15, 0.2) is 0 Å². The molecule has 0 heterocycles. The summed E-state index contributed by atoms with van der Waals surface area (Å²) in [6, 6.07) is 24.8. The van der Waals surface area contributed by atoms with Crippen LogP contribution in [0.25, 0.3) is 0 Å². The van der Waals surface area contributed by atoms with Crippen LogP contribution in [0.15, 0.2) is 95.9 Å². The van der Waals surface area contributed by atoms with Gasteiger partial charge in [-0.3, -0.25) is 4.21 Å². The lowest BCUT2D eigenvalue weighted by atomic mass is 10.2. The van der Waals surface area contributed by atoms with E-state index in [2.05, 4.69) is 9.78 Å². The standard InChI is InChI=1S/C14H10O4.C6H6O2S/c15-13(11-7-3-1-4-8-11)17-18-14(16)12-9-5-2-6-10-12;7-9(8)6-4-2-1-3-5-6/h1-10H;1-5H,(H,7,8)/p-1. The highest BCUT2D eigenvalue weighted by molar-refractivity contribution is 7.79. The molecule has 0 saturated carbocycles. The third-order valence-electron chi connectivity index (χ3n) is 3.15. The molecule has 0 aliphatic heterocycles. The van der Waals surface area contributed by atoms with Gasteiger partial charge < -0.3 is 4.55 Å². The Labute approximate surface area is 158 Å². The average molecular weight is 383 g/mol. The summed E-state index contributed by atoms with van der Waals surface area (Å²) in [5.74, 6) is -1.42. The molecule has 3 aromatic rings. The zero-order valence-corrected chi connectivity index (χ0v) is 14.8. The molecular formula is C20H15O6S-. The predicted octanol–water partition coefficient (Wildman–Crippen LogP) is 3.54. The predicted molar refractivity (Wildman–Crippen MR) is 97.3 cm³/mol. The van der Waals surface area contributed by atoms with E-state index in [1.54, 1.807) is 91.0 Å². The first-order valence-corrected chi connectivity index (χ1v) is 8.83. The summed E-state index contributed by atoms with van der Waals surface area (Å²) in [5, 5.41) is 0. The number of hydrogen-bond donors (Lipinski definition) is 0. The van der Waals surface area contributed by atoms with Crippen LogP contribution in [0.4, 0.5) is 0 Å². The third kappa shape index (κ3) is 6.85. The Morgan fingerprint density at radius 3 is 1.26 bits per heavy atom. The normalized spacial score (nSPS) is 10.7. The summed E-state index contributed by atoms with van der Waals surface area (Å²) in [6.07, 6.45) is 0. The van der Waals surface area contributed by atoms with E-state index in [-0.39, 0.29) is 0 Å². The molecule has 3 aromatic carbocycles. The van der Waals surface area contributed by atoms with Gasteiger partial charge in [0.25, 0.3) is 0 Å². The Hall–Kier alpha value is -3.29. The molecule has 3 rings (SSSR count). The molecule has 0 radical (unpaired) electrons. The molecule has 7 heteroatoms. The van der Waals surface area contributed by atoms with Gasteiger partial charge in [0.05, 0.1) is 11.1 Å². The quantitative estimate of drug-likeness (QED) is 0.390. The first-order chi connectivity index (χ1) is 13.1. The van der Waals surface area contributed by atoms with E-state index in [9.17, 15) is 18.4 Å². The zero-order valence-electron chi connectivity index (χ0n) is 14.0. The SMILES string of the molecule is O=C(OOC(=O)c1ccccc1)c1ccccc1.O=S([O-])c1ccccc1. The molecule has 6 nitrogen and oxygen atoms in total. The number of carbonyl (C=O) groups is 2. The Morgan fingerprint density at radius 1 is 0.630 bits per heavy atom. The van der Waals surface area contributed by atoms with Crippen molar-refractivity contribution in [2.24, 2.45) is 0 Å². The van der Waals surface area contributed by atoms with Crippen molar-refractivity contribution in [1.82, 2.24) is 0 Å². The monoisotopic (exact) mass is 383 g/mol. The minimum Gasteiger partial charge on any atom is -0.768 e. The van der Waals surface area contributed by atoms with E-state index in [0.717, 1.165) is 0 Å². The third-order valence-corrected chi connectivity index (χ3v) is 3.80. The average Bonchev–Trinajstić information content (AvgIpc) is 2.74. The molecule has 0 N–H and O–H groups in total. The van der Waals surface area contributed by atoms with Gasteiger partial charge in [-0.2, -0.15) is 0 Å². The van der Waals surface area contributed by atoms with Crippen molar-refractivity contribution in [3.63, 3.8) is 0 Å². The lowest BCUT2D eigenvalue weighted by Gasteiger charge is -2.02. The second-order valence-corrected chi connectivity index (χ2v) is 5.96. The van der Waals surface area contributed by atoms with Crippen molar-refractivity contribution in [1.29, 1.82) is 0 Å². The Balaban J connectivity index is 0.000000244. The fourth-order valence-corrected chi connectivity index (χ4v) is 2.23. The Kier molecular flexibility index (Phi) is 7.90. The summed E-state index contributed by atoms with van der Waals surface area (Å²) in [6.45, 7) is 0. The van der Waals surface area contributed by atoms with Gasteiger partial charge in [0.1, 0.15) is 0 Å². The molecule has 0 bridgehead atoms. The first-order valence-electron chi connectivity index (χ1n) is 7.75. The molecule has 0 saturated heterocycles. The van der Waals surface area contributed by atoms with Gasteiger partial charge in [-0.05, 0) is 47.5 Å². The highest BCUT2D eigenvalue weighted by Crippen LogP contribution is 2.05. The molecule has 0 aliphatic rings. The number of rotatable bonds is 3. The van der Waals surface area contributed by atoms with Crippen molar-refractivity contribution in [2.75, 3.05) is 0 Å². The van der Waals surface area contributed by atoms with Crippen LogP contribution in [0, 0.1) is 0 Å². The van der Waals surface area contributed by atoms with Gasteiger partial charge in [-0.15, -0.1) is 0 Å².